The fourth-order valence-corrected chi connectivity index (χ4v) is 2.73. The van der Waals surface area contributed by atoms with Crippen molar-refractivity contribution in [2.75, 3.05) is 0 Å². The number of pyridine rings is 1. The molecule has 0 radical (unpaired) electrons. The van der Waals surface area contributed by atoms with Crippen molar-refractivity contribution in [3.05, 3.63) is 71.7 Å². The average molecular weight is 335 g/mol. The fraction of sp³-hybridized carbons (Fsp3) is 0.250. The first-order valence-corrected chi connectivity index (χ1v) is 8.36. The van der Waals surface area contributed by atoms with Gasteiger partial charge >= 0.3 is 0 Å². The molecule has 0 fully saturated rings. The van der Waals surface area contributed by atoms with E-state index in [-0.39, 0.29) is 11.9 Å². The zero-order valence-corrected chi connectivity index (χ0v) is 14.4. The summed E-state index contributed by atoms with van der Waals surface area (Å²) in [6, 6.07) is 13.9. The first kappa shape index (κ1) is 16.9. The summed E-state index contributed by atoms with van der Waals surface area (Å²) in [6.45, 7) is 3.78. The number of hydrogen-bond donors (Lipinski definition) is 1. The van der Waals surface area contributed by atoms with Crippen LogP contribution in [0.5, 0.6) is 0 Å². The van der Waals surface area contributed by atoms with Crippen molar-refractivity contribution in [3.8, 4) is 11.3 Å². The maximum atomic E-state index is 12.7. The predicted molar refractivity (Wildman–Crippen MR) is 96.2 cm³/mol. The van der Waals surface area contributed by atoms with E-state index in [0.29, 0.717) is 17.0 Å². The largest absolute Gasteiger partial charge is 0.355 e. The number of amides is 1. The number of carbonyl (C=O) groups is 1. The van der Waals surface area contributed by atoms with Crippen LogP contribution < -0.4 is 5.32 Å². The van der Waals surface area contributed by atoms with Crippen LogP contribution in [0.2, 0.25) is 0 Å². The molecule has 3 rings (SSSR count). The molecule has 0 aliphatic carbocycles. The fourth-order valence-electron chi connectivity index (χ4n) is 2.73. The van der Waals surface area contributed by atoms with Crippen LogP contribution in [0.15, 0.2) is 59.4 Å². The number of nitrogens with one attached hydrogen (secondary N) is 1. The maximum absolute atomic E-state index is 12.7. The van der Waals surface area contributed by atoms with Gasteiger partial charge in [-0.25, -0.2) is 0 Å². The molecule has 2 aromatic heterocycles. The van der Waals surface area contributed by atoms with E-state index in [1.54, 1.807) is 25.4 Å². The van der Waals surface area contributed by atoms with E-state index in [2.05, 4.69) is 27.6 Å². The second-order valence-electron chi connectivity index (χ2n) is 6.11. The second kappa shape index (κ2) is 7.75. The van der Waals surface area contributed by atoms with Gasteiger partial charge in [-0.2, -0.15) is 0 Å². The topological polar surface area (TPSA) is 68.0 Å². The normalized spacial score (nSPS) is 11.9. The Morgan fingerprint density at radius 3 is 2.72 bits per heavy atom. The summed E-state index contributed by atoms with van der Waals surface area (Å²) in [5.41, 5.74) is 3.05. The molecular weight excluding hydrogens is 314 g/mol. The highest BCUT2D eigenvalue weighted by atomic mass is 16.5. The molecule has 0 saturated heterocycles. The molecule has 2 heterocycles. The summed E-state index contributed by atoms with van der Waals surface area (Å²) < 4.78 is 5.36. The summed E-state index contributed by atoms with van der Waals surface area (Å²) in [5, 5.41) is 7.00. The van der Waals surface area contributed by atoms with Crippen LogP contribution in [0, 0.1) is 6.92 Å². The first-order chi connectivity index (χ1) is 12.1. The number of aryl methyl sites for hydroxylation is 2. The van der Waals surface area contributed by atoms with Gasteiger partial charge in [0, 0.05) is 24.0 Å². The Bertz CT molecular complexity index is 829. The average Bonchev–Trinajstić information content (AvgIpc) is 3.03. The molecule has 1 atom stereocenters. The summed E-state index contributed by atoms with van der Waals surface area (Å²) in [6.07, 6.45) is 5.12. The van der Waals surface area contributed by atoms with Gasteiger partial charge in [-0.15, -0.1) is 0 Å². The van der Waals surface area contributed by atoms with Gasteiger partial charge in [0.1, 0.15) is 5.56 Å². The Hall–Kier alpha value is -2.95. The predicted octanol–water partition coefficient (Wildman–Crippen LogP) is 3.80. The lowest BCUT2D eigenvalue weighted by Crippen LogP contribution is -2.33. The lowest BCUT2D eigenvalue weighted by Gasteiger charge is -2.14. The van der Waals surface area contributed by atoms with Gasteiger partial charge < -0.3 is 9.84 Å². The van der Waals surface area contributed by atoms with Crippen molar-refractivity contribution >= 4 is 5.91 Å². The molecule has 0 aliphatic rings. The number of carbonyl (C=O) groups excluding carboxylic acids is 1. The number of aromatic nitrogens is 2. The molecule has 0 unspecified atom stereocenters. The lowest BCUT2D eigenvalue weighted by molar-refractivity contribution is 0.0938. The molecule has 1 amide bonds. The minimum absolute atomic E-state index is 0.0451. The third kappa shape index (κ3) is 4.12. The molecule has 1 N–H and O–H groups in total. The first-order valence-electron chi connectivity index (χ1n) is 8.36. The second-order valence-corrected chi connectivity index (χ2v) is 6.11. The Morgan fingerprint density at radius 2 is 2.00 bits per heavy atom. The van der Waals surface area contributed by atoms with Crippen molar-refractivity contribution in [2.24, 2.45) is 0 Å². The van der Waals surface area contributed by atoms with Crippen LogP contribution in [0.3, 0.4) is 0 Å². The van der Waals surface area contributed by atoms with Gasteiger partial charge in [0.05, 0.1) is 5.69 Å². The molecule has 0 bridgehead atoms. The summed E-state index contributed by atoms with van der Waals surface area (Å²) in [5.74, 6) is 0.288. The van der Waals surface area contributed by atoms with Crippen molar-refractivity contribution in [3.63, 3.8) is 0 Å². The Morgan fingerprint density at radius 1 is 1.20 bits per heavy atom. The Labute approximate surface area is 147 Å². The highest BCUT2D eigenvalue weighted by molar-refractivity contribution is 6.00. The van der Waals surface area contributed by atoms with Crippen LogP contribution in [-0.2, 0) is 6.42 Å². The number of nitrogens with zero attached hydrogens (tertiary/aromatic N) is 2. The summed E-state index contributed by atoms with van der Waals surface area (Å²) >= 11 is 0. The Kier molecular flexibility index (Phi) is 5.23. The standard InChI is InChI=1S/C20H21N3O2/c1-14(10-11-16-7-4-3-5-8-16)22-20(24)18-15(2)23-25-19(18)17-9-6-12-21-13-17/h3-9,12-14H,10-11H2,1-2H3,(H,22,24)/t14-/m0/s1. The van der Waals surface area contributed by atoms with Crippen molar-refractivity contribution < 1.29 is 9.32 Å². The van der Waals surface area contributed by atoms with Crippen molar-refractivity contribution in [1.29, 1.82) is 0 Å². The molecule has 5 nitrogen and oxygen atoms in total. The van der Waals surface area contributed by atoms with E-state index in [4.69, 9.17) is 4.52 Å². The summed E-state index contributed by atoms with van der Waals surface area (Å²) in [7, 11) is 0. The van der Waals surface area contributed by atoms with E-state index >= 15 is 0 Å². The lowest BCUT2D eigenvalue weighted by atomic mass is 10.0. The zero-order valence-electron chi connectivity index (χ0n) is 14.4. The Balaban J connectivity index is 1.68. The number of rotatable bonds is 6. The maximum Gasteiger partial charge on any atom is 0.257 e. The van der Waals surface area contributed by atoms with Crippen LogP contribution in [0.1, 0.15) is 35.0 Å². The smallest absolute Gasteiger partial charge is 0.257 e. The van der Waals surface area contributed by atoms with E-state index in [1.807, 2.05) is 31.2 Å². The third-order valence-corrected chi connectivity index (χ3v) is 4.10. The van der Waals surface area contributed by atoms with Gasteiger partial charge in [0.2, 0.25) is 0 Å². The highest BCUT2D eigenvalue weighted by Crippen LogP contribution is 2.25. The van der Waals surface area contributed by atoms with Crippen LogP contribution >= 0.6 is 0 Å². The van der Waals surface area contributed by atoms with E-state index in [1.165, 1.54) is 5.56 Å². The van der Waals surface area contributed by atoms with Crippen LogP contribution in [-0.4, -0.2) is 22.1 Å². The minimum Gasteiger partial charge on any atom is -0.355 e. The molecule has 1 aromatic carbocycles. The van der Waals surface area contributed by atoms with E-state index in [9.17, 15) is 4.79 Å². The molecule has 128 valence electrons. The molecule has 0 saturated carbocycles. The molecule has 0 aliphatic heterocycles. The number of hydrogen-bond acceptors (Lipinski definition) is 4. The molecule has 25 heavy (non-hydrogen) atoms. The van der Waals surface area contributed by atoms with E-state index < -0.39 is 0 Å². The molecule has 3 aromatic rings. The SMILES string of the molecule is Cc1noc(-c2cccnc2)c1C(=O)N[C@@H](C)CCc1ccccc1. The van der Waals surface area contributed by atoms with Gasteiger partial charge in [0.15, 0.2) is 5.76 Å². The van der Waals surface area contributed by atoms with Crippen LogP contribution in [0.4, 0.5) is 0 Å². The van der Waals surface area contributed by atoms with Gasteiger partial charge in [0.25, 0.3) is 5.91 Å². The molecule has 0 spiro atoms. The zero-order chi connectivity index (χ0) is 17.6. The third-order valence-electron chi connectivity index (χ3n) is 4.10. The monoisotopic (exact) mass is 335 g/mol. The van der Waals surface area contributed by atoms with Gasteiger partial charge in [-0.1, -0.05) is 35.5 Å². The van der Waals surface area contributed by atoms with Gasteiger partial charge in [-0.3, -0.25) is 9.78 Å². The quantitative estimate of drug-likeness (QED) is 0.744. The number of benzene rings is 1. The minimum atomic E-state index is -0.168. The van der Waals surface area contributed by atoms with Crippen molar-refractivity contribution in [1.82, 2.24) is 15.5 Å². The molecular formula is C20H21N3O2. The van der Waals surface area contributed by atoms with E-state index in [0.717, 1.165) is 18.4 Å². The van der Waals surface area contributed by atoms with Crippen LogP contribution in [0.25, 0.3) is 11.3 Å². The molecule has 5 heteroatoms. The highest BCUT2D eigenvalue weighted by Gasteiger charge is 2.22. The summed E-state index contributed by atoms with van der Waals surface area (Å²) in [4.78, 5) is 16.8. The van der Waals surface area contributed by atoms with Crippen molar-refractivity contribution in [2.45, 2.75) is 32.7 Å². The van der Waals surface area contributed by atoms with Gasteiger partial charge in [-0.05, 0) is 44.4 Å².